The Labute approximate surface area is 153 Å². The van der Waals surface area contributed by atoms with Gasteiger partial charge in [0.25, 0.3) is 11.8 Å². The number of aromatic nitrogens is 2. The summed E-state index contributed by atoms with van der Waals surface area (Å²) in [5.74, 6) is -0.776. The highest BCUT2D eigenvalue weighted by Gasteiger charge is 2.46. The van der Waals surface area contributed by atoms with Crippen molar-refractivity contribution in [3.8, 4) is 0 Å². The van der Waals surface area contributed by atoms with Crippen LogP contribution in [0.2, 0.25) is 0 Å². The molecule has 1 saturated carbocycles. The Bertz CT molecular complexity index is 722. The molecule has 2 aliphatic rings. The van der Waals surface area contributed by atoms with Crippen LogP contribution in [-0.4, -0.2) is 57.6 Å². The third-order valence-electron chi connectivity index (χ3n) is 5.45. The summed E-state index contributed by atoms with van der Waals surface area (Å²) in [5, 5.41) is 10.1. The van der Waals surface area contributed by atoms with Gasteiger partial charge < -0.3 is 15.5 Å². The molecule has 0 radical (unpaired) electrons. The summed E-state index contributed by atoms with van der Waals surface area (Å²) in [5.41, 5.74) is -0.494. The van der Waals surface area contributed by atoms with Crippen molar-refractivity contribution in [3.63, 3.8) is 0 Å². The Morgan fingerprint density at radius 3 is 2.69 bits per heavy atom. The minimum atomic E-state index is -1.03. The maximum Gasteiger partial charge on any atom is 0.272 e. The van der Waals surface area contributed by atoms with Crippen LogP contribution in [0.15, 0.2) is 6.07 Å². The molecule has 0 bridgehead atoms. The maximum absolute atomic E-state index is 12.9. The average molecular weight is 361 g/mol. The normalized spacial score (nSPS) is 23.0. The second kappa shape index (κ2) is 7.09. The lowest BCUT2D eigenvalue weighted by Gasteiger charge is -2.41. The molecule has 8 nitrogen and oxygen atoms in total. The Morgan fingerprint density at radius 1 is 1.35 bits per heavy atom. The minimum absolute atomic E-state index is 0.168. The van der Waals surface area contributed by atoms with Gasteiger partial charge in [-0.15, -0.1) is 0 Å². The van der Waals surface area contributed by atoms with Gasteiger partial charge in [0.2, 0.25) is 5.91 Å². The number of nitrogens with one attached hydrogen (secondary N) is 2. The first kappa shape index (κ1) is 18.4. The van der Waals surface area contributed by atoms with Crippen molar-refractivity contribution >= 4 is 17.7 Å². The summed E-state index contributed by atoms with van der Waals surface area (Å²) in [4.78, 5) is 39.3. The first-order chi connectivity index (χ1) is 12.4. The van der Waals surface area contributed by atoms with E-state index in [1.807, 2.05) is 6.92 Å². The molecule has 0 saturated heterocycles. The molecule has 3 rings (SSSR count). The zero-order valence-corrected chi connectivity index (χ0v) is 15.7. The van der Waals surface area contributed by atoms with Crippen LogP contribution >= 0.6 is 0 Å². The Morgan fingerprint density at radius 2 is 2.04 bits per heavy atom. The molecule has 3 amide bonds. The van der Waals surface area contributed by atoms with E-state index in [9.17, 15) is 14.4 Å². The van der Waals surface area contributed by atoms with Gasteiger partial charge >= 0.3 is 0 Å². The summed E-state index contributed by atoms with van der Waals surface area (Å²) in [6.45, 7) is 4.49. The fraction of sp³-hybridized carbons (Fsp3) is 0.667. The van der Waals surface area contributed by atoms with E-state index in [-0.39, 0.29) is 36.0 Å². The Kier molecular flexibility index (Phi) is 5.02. The highest BCUT2D eigenvalue weighted by atomic mass is 16.2. The molecule has 8 heteroatoms. The van der Waals surface area contributed by atoms with E-state index in [2.05, 4.69) is 15.7 Å². The number of hydrogen-bond acceptors (Lipinski definition) is 4. The quantitative estimate of drug-likeness (QED) is 0.815. The number of amides is 3. The number of hydrogen-bond donors (Lipinski definition) is 2. The minimum Gasteiger partial charge on any atom is -0.351 e. The van der Waals surface area contributed by atoms with Gasteiger partial charge in [0.15, 0.2) is 5.69 Å². The van der Waals surface area contributed by atoms with Gasteiger partial charge in [0, 0.05) is 25.7 Å². The number of likely N-dealkylation sites (N-methyl/N-ethyl adjacent to an activating group) is 1. The van der Waals surface area contributed by atoms with Crippen molar-refractivity contribution in [1.82, 2.24) is 25.3 Å². The molecule has 1 aromatic rings. The fourth-order valence-electron chi connectivity index (χ4n) is 3.58. The molecular formula is C18H27N5O3. The smallest absolute Gasteiger partial charge is 0.272 e. The van der Waals surface area contributed by atoms with Gasteiger partial charge in [-0.2, -0.15) is 5.10 Å². The van der Waals surface area contributed by atoms with E-state index >= 15 is 0 Å². The van der Waals surface area contributed by atoms with Gasteiger partial charge in [-0.1, -0.05) is 19.8 Å². The van der Waals surface area contributed by atoms with Crippen LogP contribution in [0.1, 0.15) is 66.9 Å². The SMILES string of the molecule is CCCNC(=O)c1cc2n(n1)C[C@](C)(C(=O)NC1CCCC1)N(C)C2=O. The summed E-state index contributed by atoms with van der Waals surface area (Å²) >= 11 is 0. The largest absolute Gasteiger partial charge is 0.351 e. The first-order valence-corrected chi connectivity index (χ1v) is 9.32. The monoisotopic (exact) mass is 361 g/mol. The Balaban J connectivity index is 1.82. The lowest BCUT2D eigenvalue weighted by atomic mass is 9.95. The number of carbonyl (C=O) groups is 3. The molecule has 2 N–H and O–H groups in total. The van der Waals surface area contributed by atoms with Crippen molar-refractivity contribution in [1.29, 1.82) is 0 Å². The van der Waals surface area contributed by atoms with E-state index in [1.165, 1.54) is 15.6 Å². The molecule has 0 unspecified atom stereocenters. The summed E-state index contributed by atoms with van der Waals surface area (Å²) in [6, 6.07) is 1.68. The number of fused-ring (bicyclic) bond motifs is 1. The molecule has 1 fully saturated rings. The zero-order chi connectivity index (χ0) is 18.9. The predicted molar refractivity (Wildman–Crippen MR) is 95.7 cm³/mol. The standard InChI is InChI=1S/C18H27N5O3/c1-4-9-19-15(24)13-10-14-16(25)22(3)18(2,11-23(14)21-13)17(26)20-12-7-5-6-8-12/h10,12H,4-9,11H2,1-3H3,(H,19,24)(H,20,26)/t18-/m1/s1. The molecule has 1 aromatic heterocycles. The van der Waals surface area contributed by atoms with Gasteiger partial charge in [-0.3, -0.25) is 19.1 Å². The van der Waals surface area contributed by atoms with E-state index in [0.717, 1.165) is 32.1 Å². The van der Waals surface area contributed by atoms with Gasteiger partial charge in [0.1, 0.15) is 11.2 Å². The van der Waals surface area contributed by atoms with E-state index < -0.39 is 5.54 Å². The van der Waals surface area contributed by atoms with Crippen molar-refractivity contribution in [2.45, 2.75) is 64.1 Å². The molecular weight excluding hydrogens is 334 g/mol. The van der Waals surface area contributed by atoms with Crippen LogP contribution in [0, 0.1) is 0 Å². The number of rotatable bonds is 5. The summed E-state index contributed by atoms with van der Waals surface area (Å²) < 4.78 is 1.48. The maximum atomic E-state index is 12.9. The van der Waals surface area contributed by atoms with Crippen molar-refractivity contribution in [3.05, 3.63) is 17.5 Å². The lowest BCUT2D eigenvalue weighted by Crippen LogP contribution is -2.63. The first-order valence-electron chi connectivity index (χ1n) is 9.32. The second-order valence-corrected chi connectivity index (χ2v) is 7.42. The van der Waals surface area contributed by atoms with Crippen LogP contribution in [0.4, 0.5) is 0 Å². The summed E-state index contributed by atoms with van der Waals surface area (Å²) in [6.07, 6.45) is 5.02. The Hall–Kier alpha value is -2.38. The van der Waals surface area contributed by atoms with Crippen molar-refractivity contribution < 1.29 is 14.4 Å². The van der Waals surface area contributed by atoms with Crippen LogP contribution in [0.5, 0.6) is 0 Å². The van der Waals surface area contributed by atoms with Gasteiger partial charge in [-0.05, 0) is 26.2 Å². The average Bonchev–Trinajstić information content (AvgIpc) is 3.27. The molecule has 0 spiro atoms. The molecule has 26 heavy (non-hydrogen) atoms. The lowest BCUT2D eigenvalue weighted by molar-refractivity contribution is -0.133. The van der Waals surface area contributed by atoms with Crippen LogP contribution in [0.25, 0.3) is 0 Å². The van der Waals surface area contributed by atoms with E-state index in [0.29, 0.717) is 12.2 Å². The van der Waals surface area contributed by atoms with E-state index in [4.69, 9.17) is 0 Å². The number of carbonyl (C=O) groups excluding carboxylic acids is 3. The van der Waals surface area contributed by atoms with Crippen LogP contribution in [0.3, 0.4) is 0 Å². The second-order valence-electron chi connectivity index (χ2n) is 7.42. The van der Waals surface area contributed by atoms with Crippen LogP contribution in [-0.2, 0) is 11.3 Å². The van der Waals surface area contributed by atoms with Crippen molar-refractivity contribution in [2.24, 2.45) is 0 Å². The highest BCUT2D eigenvalue weighted by Crippen LogP contribution is 2.27. The van der Waals surface area contributed by atoms with Crippen LogP contribution < -0.4 is 10.6 Å². The van der Waals surface area contributed by atoms with E-state index in [1.54, 1.807) is 14.0 Å². The third kappa shape index (κ3) is 3.20. The molecule has 1 aliphatic heterocycles. The predicted octanol–water partition coefficient (Wildman–Crippen LogP) is 0.926. The topological polar surface area (TPSA) is 96.3 Å². The van der Waals surface area contributed by atoms with Gasteiger partial charge in [-0.25, -0.2) is 0 Å². The fourth-order valence-corrected chi connectivity index (χ4v) is 3.58. The molecule has 1 aliphatic carbocycles. The third-order valence-corrected chi connectivity index (χ3v) is 5.45. The molecule has 142 valence electrons. The van der Waals surface area contributed by atoms with Gasteiger partial charge in [0.05, 0.1) is 6.54 Å². The zero-order valence-electron chi connectivity index (χ0n) is 15.7. The molecule has 2 heterocycles. The molecule has 0 aromatic carbocycles. The van der Waals surface area contributed by atoms with Crippen molar-refractivity contribution in [2.75, 3.05) is 13.6 Å². The molecule has 1 atom stereocenters. The number of nitrogens with zero attached hydrogens (tertiary/aromatic N) is 3. The highest BCUT2D eigenvalue weighted by molar-refractivity contribution is 6.01. The summed E-state index contributed by atoms with van der Waals surface area (Å²) in [7, 11) is 1.63.